The first-order chi connectivity index (χ1) is 12.0. The topological polar surface area (TPSA) is 77.7 Å². The van der Waals surface area contributed by atoms with Crippen LogP contribution in [0.5, 0.6) is 5.75 Å². The highest BCUT2D eigenvalue weighted by Crippen LogP contribution is 2.15. The third-order valence-electron chi connectivity index (χ3n) is 3.35. The first kappa shape index (κ1) is 18.7. The van der Waals surface area contributed by atoms with Crippen LogP contribution in [0.1, 0.15) is 29.0 Å². The van der Waals surface area contributed by atoms with E-state index in [4.69, 9.17) is 14.0 Å². The van der Waals surface area contributed by atoms with Gasteiger partial charge in [-0.25, -0.2) is 0 Å². The number of hydrogen-bond donors (Lipinski definition) is 0. The zero-order chi connectivity index (χ0) is 18.2. The summed E-state index contributed by atoms with van der Waals surface area (Å²) < 4.78 is 15.6. The van der Waals surface area contributed by atoms with E-state index in [1.54, 1.807) is 38.4 Å². The number of ether oxygens (including phenoxy) is 2. The predicted octanol–water partition coefficient (Wildman–Crippen LogP) is 2.49. The number of benzene rings is 1. The number of methoxy groups -OCH3 is 1. The number of amides is 1. The highest BCUT2D eigenvalue weighted by atomic mass is 16.5. The van der Waals surface area contributed by atoms with Crippen LogP contribution in [0.2, 0.25) is 0 Å². The molecule has 7 nitrogen and oxygen atoms in total. The van der Waals surface area contributed by atoms with Gasteiger partial charge in [-0.3, -0.25) is 4.79 Å². The van der Waals surface area contributed by atoms with Gasteiger partial charge < -0.3 is 18.9 Å². The van der Waals surface area contributed by atoms with Crippen molar-refractivity contribution in [2.45, 2.75) is 19.9 Å². The van der Waals surface area contributed by atoms with E-state index in [0.29, 0.717) is 42.7 Å². The molecule has 1 aromatic carbocycles. The molecule has 0 atom stereocenters. The van der Waals surface area contributed by atoms with E-state index in [-0.39, 0.29) is 12.5 Å². The summed E-state index contributed by atoms with van der Waals surface area (Å²) in [5.41, 5.74) is 1.49. The standard InChI is InChI=1S/C18H23N3O4/c1-13(2)12-24-15-7-5-14(6-8-15)18(22)21(3)11-17-19-16(20-25-17)9-10-23-4/h5-8H,1,9-12H2,2-4H3. The van der Waals surface area contributed by atoms with E-state index in [0.717, 1.165) is 5.57 Å². The molecular weight excluding hydrogens is 322 g/mol. The fourth-order valence-corrected chi connectivity index (χ4v) is 2.04. The third kappa shape index (κ3) is 5.72. The second-order valence-corrected chi connectivity index (χ2v) is 5.78. The summed E-state index contributed by atoms with van der Waals surface area (Å²) in [5, 5.41) is 3.86. The van der Waals surface area contributed by atoms with Crippen LogP contribution < -0.4 is 4.74 Å². The first-order valence-corrected chi connectivity index (χ1v) is 7.92. The fourth-order valence-electron chi connectivity index (χ4n) is 2.04. The minimum atomic E-state index is -0.136. The number of hydrogen-bond acceptors (Lipinski definition) is 6. The van der Waals surface area contributed by atoms with Crippen LogP contribution in [-0.4, -0.2) is 48.3 Å². The van der Waals surface area contributed by atoms with Crippen LogP contribution in [0.3, 0.4) is 0 Å². The van der Waals surface area contributed by atoms with E-state index in [1.807, 2.05) is 6.92 Å². The Morgan fingerprint density at radius 3 is 2.68 bits per heavy atom. The predicted molar refractivity (Wildman–Crippen MR) is 92.4 cm³/mol. The summed E-state index contributed by atoms with van der Waals surface area (Å²) in [6.07, 6.45) is 0.573. The molecule has 0 fully saturated rings. The van der Waals surface area contributed by atoms with Gasteiger partial charge in [-0.15, -0.1) is 0 Å². The average molecular weight is 345 g/mol. The van der Waals surface area contributed by atoms with Gasteiger partial charge >= 0.3 is 0 Å². The number of carbonyl (C=O) groups excluding carboxylic acids is 1. The summed E-state index contributed by atoms with van der Waals surface area (Å²) in [4.78, 5) is 18.2. The third-order valence-corrected chi connectivity index (χ3v) is 3.35. The van der Waals surface area contributed by atoms with Crippen molar-refractivity contribution >= 4 is 5.91 Å². The van der Waals surface area contributed by atoms with Gasteiger partial charge in [0, 0.05) is 26.1 Å². The smallest absolute Gasteiger partial charge is 0.254 e. The molecule has 2 aromatic rings. The second kappa shape index (κ2) is 8.98. The van der Waals surface area contributed by atoms with Gasteiger partial charge in [0.1, 0.15) is 12.4 Å². The van der Waals surface area contributed by atoms with Crippen LogP contribution >= 0.6 is 0 Å². The van der Waals surface area contributed by atoms with Crippen molar-refractivity contribution in [2.24, 2.45) is 0 Å². The lowest BCUT2D eigenvalue weighted by Crippen LogP contribution is -2.26. The van der Waals surface area contributed by atoms with Crippen LogP contribution in [0.25, 0.3) is 0 Å². The van der Waals surface area contributed by atoms with Gasteiger partial charge in [-0.05, 0) is 36.8 Å². The minimum absolute atomic E-state index is 0.136. The van der Waals surface area contributed by atoms with Gasteiger partial charge in [-0.1, -0.05) is 11.7 Å². The molecular formula is C18H23N3O4. The first-order valence-electron chi connectivity index (χ1n) is 7.92. The summed E-state index contributed by atoms with van der Waals surface area (Å²) in [6.45, 7) is 6.90. The Bertz CT molecular complexity index is 709. The Kier molecular flexibility index (Phi) is 6.71. The van der Waals surface area contributed by atoms with Gasteiger partial charge in [0.25, 0.3) is 5.91 Å². The maximum atomic E-state index is 12.5. The van der Waals surface area contributed by atoms with Crippen LogP contribution in [0.4, 0.5) is 0 Å². The quantitative estimate of drug-likeness (QED) is 0.650. The molecule has 0 aliphatic carbocycles. The van der Waals surface area contributed by atoms with Crippen molar-refractivity contribution in [3.8, 4) is 5.75 Å². The monoisotopic (exact) mass is 345 g/mol. The summed E-state index contributed by atoms with van der Waals surface area (Å²) in [7, 11) is 3.30. The Morgan fingerprint density at radius 1 is 1.32 bits per heavy atom. The van der Waals surface area contributed by atoms with E-state index >= 15 is 0 Å². The van der Waals surface area contributed by atoms with Crippen LogP contribution in [-0.2, 0) is 17.7 Å². The zero-order valence-corrected chi connectivity index (χ0v) is 14.8. The number of nitrogens with zero attached hydrogens (tertiary/aromatic N) is 3. The van der Waals surface area contributed by atoms with Crippen molar-refractivity contribution in [1.82, 2.24) is 15.0 Å². The molecule has 0 aliphatic heterocycles. The average Bonchev–Trinajstić information content (AvgIpc) is 3.05. The lowest BCUT2D eigenvalue weighted by atomic mass is 10.2. The molecule has 0 N–H and O–H groups in total. The summed E-state index contributed by atoms with van der Waals surface area (Å²) >= 11 is 0. The molecule has 25 heavy (non-hydrogen) atoms. The molecule has 1 heterocycles. The molecule has 0 saturated carbocycles. The molecule has 0 bridgehead atoms. The second-order valence-electron chi connectivity index (χ2n) is 5.78. The van der Waals surface area contributed by atoms with E-state index in [2.05, 4.69) is 16.7 Å². The Hall–Kier alpha value is -2.67. The van der Waals surface area contributed by atoms with Gasteiger partial charge in [0.2, 0.25) is 5.89 Å². The fraction of sp³-hybridized carbons (Fsp3) is 0.389. The highest BCUT2D eigenvalue weighted by Gasteiger charge is 2.15. The van der Waals surface area contributed by atoms with Crippen molar-refractivity contribution in [1.29, 1.82) is 0 Å². The molecule has 1 aromatic heterocycles. The number of rotatable bonds is 9. The Balaban J connectivity index is 1.92. The molecule has 0 aliphatic rings. The van der Waals surface area contributed by atoms with E-state index in [9.17, 15) is 4.79 Å². The lowest BCUT2D eigenvalue weighted by Gasteiger charge is -2.15. The molecule has 0 radical (unpaired) electrons. The van der Waals surface area contributed by atoms with Crippen molar-refractivity contribution in [3.63, 3.8) is 0 Å². The van der Waals surface area contributed by atoms with Crippen LogP contribution in [0.15, 0.2) is 40.9 Å². The summed E-state index contributed by atoms with van der Waals surface area (Å²) in [5.74, 6) is 1.52. The molecule has 7 heteroatoms. The Morgan fingerprint density at radius 2 is 2.04 bits per heavy atom. The largest absolute Gasteiger partial charge is 0.489 e. The summed E-state index contributed by atoms with van der Waals surface area (Å²) in [6, 6.07) is 6.98. The normalized spacial score (nSPS) is 10.5. The van der Waals surface area contributed by atoms with Crippen LogP contribution in [0, 0.1) is 0 Å². The van der Waals surface area contributed by atoms with Crippen molar-refractivity contribution < 1.29 is 18.8 Å². The highest BCUT2D eigenvalue weighted by molar-refractivity contribution is 5.94. The molecule has 2 rings (SSSR count). The van der Waals surface area contributed by atoms with E-state index in [1.165, 1.54) is 4.90 Å². The zero-order valence-electron chi connectivity index (χ0n) is 14.8. The molecule has 0 saturated heterocycles. The van der Waals surface area contributed by atoms with Crippen molar-refractivity contribution in [2.75, 3.05) is 27.4 Å². The molecule has 0 unspecified atom stereocenters. The van der Waals surface area contributed by atoms with Gasteiger partial charge in [0.15, 0.2) is 5.82 Å². The lowest BCUT2D eigenvalue weighted by molar-refractivity contribution is 0.0769. The maximum Gasteiger partial charge on any atom is 0.254 e. The minimum Gasteiger partial charge on any atom is -0.489 e. The van der Waals surface area contributed by atoms with Gasteiger partial charge in [-0.2, -0.15) is 4.98 Å². The number of aromatic nitrogens is 2. The van der Waals surface area contributed by atoms with Crippen molar-refractivity contribution in [3.05, 3.63) is 53.7 Å². The maximum absolute atomic E-state index is 12.5. The molecule has 1 amide bonds. The Labute approximate surface area is 147 Å². The molecule has 134 valence electrons. The molecule has 0 spiro atoms. The SMILES string of the molecule is C=C(C)COc1ccc(C(=O)N(C)Cc2nc(CCOC)no2)cc1. The van der Waals surface area contributed by atoms with E-state index < -0.39 is 0 Å². The number of carbonyl (C=O) groups is 1. The van der Waals surface area contributed by atoms with Gasteiger partial charge in [0.05, 0.1) is 13.2 Å².